The van der Waals surface area contributed by atoms with Crippen LogP contribution in [-0.2, 0) is 17.3 Å². The van der Waals surface area contributed by atoms with Crippen LogP contribution in [-0.4, -0.2) is 28.0 Å². The molecule has 4 N–H and O–H groups in total. The van der Waals surface area contributed by atoms with E-state index in [0.717, 1.165) is 6.42 Å². The fourth-order valence-corrected chi connectivity index (χ4v) is 1.36. The maximum atomic E-state index is 6.04. The fourth-order valence-electron chi connectivity index (χ4n) is 1.36. The van der Waals surface area contributed by atoms with Crippen molar-refractivity contribution in [1.82, 2.24) is 14.8 Å². The minimum absolute atomic E-state index is 0.381. The summed E-state index contributed by atoms with van der Waals surface area (Å²) in [5.41, 5.74) is 11.1. The third-order valence-corrected chi connectivity index (χ3v) is 2.29. The SMILES string of the molecule is Cn1nc(C2(N)CCOC2)nc1N. The average Bonchev–Trinajstić information content (AvgIpc) is 2.62. The number of ether oxygens (including phenoxy) is 1. The fraction of sp³-hybridized carbons (Fsp3) is 0.714. The number of hydrogen-bond acceptors (Lipinski definition) is 5. The molecule has 0 aliphatic carbocycles. The van der Waals surface area contributed by atoms with Crippen LogP contribution in [0.15, 0.2) is 0 Å². The second-order valence-corrected chi connectivity index (χ2v) is 3.38. The highest BCUT2D eigenvalue weighted by molar-refractivity contribution is 5.19. The second kappa shape index (κ2) is 2.68. The molecule has 72 valence electrons. The average molecular weight is 183 g/mol. The van der Waals surface area contributed by atoms with Gasteiger partial charge >= 0.3 is 0 Å². The number of anilines is 1. The highest BCUT2D eigenvalue weighted by atomic mass is 16.5. The summed E-state index contributed by atoms with van der Waals surface area (Å²) < 4.78 is 6.72. The van der Waals surface area contributed by atoms with Crippen LogP contribution in [0.3, 0.4) is 0 Å². The Bertz CT molecular complexity index is 295. The van der Waals surface area contributed by atoms with E-state index >= 15 is 0 Å². The highest BCUT2D eigenvalue weighted by Gasteiger charge is 2.36. The lowest BCUT2D eigenvalue weighted by molar-refractivity contribution is 0.176. The van der Waals surface area contributed by atoms with Crippen molar-refractivity contribution in [1.29, 1.82) is 0 Å². The zero-order chi connectivity index (χ0) is 9.47. The standard InChI is InChI=1S/C7H13N5O/c1-12-6(8)10-5(11-12)7(9)2-3-13-4-7/h2-4,9H2,1H3,(H2,8,10,11). The molecule has 0 spiro atoms. The second-order valence-electron chi connectivity index (χ2n) is 3.38. The van der Waals surface area contributed by atoms with Gasteiger partial charge in [0, 0.05) is 13.7 Å². The molecular formula is C7H13N5O. The van der Waals surface area contributed by atoms with Gasteiger partial charge in [0.1, 0.15) is 5.54 Å². The summed E-state index contributed by atoms with van der Waals surface area (Å²) >= 11 is 0. The van der Waals surface area contributed by atoms with Crippen LogP contribution in [0.1, 0.15) is 12.2 Å². The van der Waals surface area contributed by atoms with Crippen molar-refractivity contribution in [3.05, 3.63) is 5.82 Å². The molecule has 0 radical (unpaired) electrons. The number of nitrogen functional groups attached to an aromatic ring is 1. The Labute approximate surface area is 75.9 Å². The maximum absolute atomic E-state index is 6.04. The van der Waals surface area contributed by atoms with Crippen molar-refractivity contribution >= 4 is 5.95 Å². The number of aryl methyl sites for hydroxylation is 1. The zero-order valence-corrected chi connectivity index (χ0v) is 7.53. The molecule has 1 aromatic rings. The molecule has 1 aliphatic heterocycles. The number of rotatable bonds is 1. The molecule has 0 aromatic carbocycles. The molecule has 6 nitrogen and oxygen atoms in total. The summed E-state index contributed by atoms with van der Waals surface area (Å²) in [5, 5.41) is 4.14. The largest absolute Gasteiger partial charge is 0.379 e. The summed E-state index contributed by atoms with van der Waals surface area (Å²) in [4.78, 5) is 4.09. The summed E-state index contributed by atoms with van der Waals surface area (Å²) in [5.74, 6) is 0.955. The number of nitrogens with two attached hydrogens (primary N) is 2. The summed E-state index contributed by atoms with van der Waals surface area (Å²) in [6.45, 7) is 1.13. The summed E-state index contributed by atoms with van der Waals surface area (Å²) in [7, 11) is 1.74. The number of nitrogens with zero attached hydrogens (tertiary/aromatic N) is 3. The zero-order valence-electron chi connectivity index (χ0n) is 7.53. The van der Waals surface area contributed by atoms with Crippen molar-refractivity contribution in [2.24, 2.45) is 12.8 Å². The van der Waals surface area contributed by atoms with Crippen molar-refractivity contribution in [3.63, 3.8) is 0 Å². The highest BCUT2D eigenvalue weighted by Crippen LogP contribution is 2.25. The maximum Gasteiger partial charge on any atom is 0.218 e. The minimum Gasteiger partial charge on any atom is -0.379 e. The summed E-state index contributed by atoms with van der Waals surface area (Å²) in [6, 6.07) is 0. The summed E-state index contributed by atoms with van der Waals surface area (Å²) in [6.07, 6.45) is 0.746. The molecule has 1 saturated heterocycles. The Balaban J connectivity index is 2.34. The van der Waals surface area contributed by atoms with E-state index in [0.29, 0.717) is 25.0 Å². The van der Waals surface area contributed by atoms with Gasteiger partial charge in [0.05, 0.1) is 6.61 Å². The molecule has 6 heteroatoms. The van der Waals surface area contributed by atoms with E-state index < -0.39 is 5.54 Å². The van der Waals surface area contributed by atoms with E-state index in [2.05, 4.69) is 10.1 Å². The normalized spacial score (nSPS) is 28.2. The van der Waals surface area contributed by atoms with Crippen molar-refractivity contribution in [3.8, 4) is 0 Å². The van der Waals surface area contributed by atoms with Gasteiger partial charge in [-0.25, -0.2) is 4.68 Å². The van der Waals surface area contributed by atoms with Crippen LogP contribution in [0, 0.1) is 0 Å². The van der Waals surface area contributed by atoms with Crippen LogP contribution >= 0.6 is 0 Å². The van der Waals surface area contributed by atoms with Gasteiger partial charge in [0.15, 0.2) is 5.82 Å². The monoisotopic (exact) mass is 183 g/mol. The lowest BCUT2D eigenvalue weighted by Gasteiger charge is -2.16. The van der Waals surface area contributed by atoms with Crippen LogP contribution in [0.4, 0.5) is 5.95 Å². The smallest absolute Gasteiger partial charge is 0.218 e. The first-order chi connectivity index (χ1) is 6.12. The van der Waals surface area contributed by atoms with E-state index in [1.54, 1.807) is 7.05 Å². The molecule has 1 unspecified atom stereocenters. The van der Waals surface area contributed by atoms with Gasteiger partial charge < -0.3 is 16.2 Å². The predicted octanol–water partition coefficient (Wildman–Crippen LogP) is -1.03. The molecule has 0 bridgehead atoms. The Morgan fingerprint density at radius 3 is 2.85 bits per heavy atom. The van der Waals surface area contributed by atoms with Crippen LogP contribution in [0.5, 0.6) is 0 Å². The predicted molar refractivity (Wildman–Crippen MR) is 46.7 cm³/mol. The molecule has 1 aromatic heterocycles. The molecule has 1 atom stereocenters. The lowest BCUT2D eigenvalue weighted by Crippen LogP contribution is -2.38. The first-order valence-corrected chi connectivity index (χ1v) is 4.15. The third-order valence-electron chi connectivity index (χ3n) is 2.29. The molecule has 1 fully saturated rings. The molecular weight excluding hydrogens is 170 g/mol. The Morgan fingerprint density at radius 1 is 1.62 bits per heavy atom. The van der Waals surface area contributed by atoms with Gasteiger partial charge in [0.2, 0.25) is 5.95 Å². The molecule has 2 heterocycles. The Hall–Kier alpha value is -1.14. The molecule has 2 rings (SSSR count). The van der Waals surface area contributed by atoms with Gasteiger partial charge in [-0.2, -0.15) is 10.1 Å². The van der Waals surface area contributed by atoms with E-state index in [1.165, 1.54) is 4.68 Å². The first kappa shape index (κ1) is 8.46. The van der Waals surface area contributed by atoms with Crippen LogP contribution in [0.2, 0.25) is 0 Å². The van der Waals surface area contributed by atoms with Crippen molar-refractivity contribution in [2.75, 3.05) is 18.9 Å². The van der Waals surface area contributed by atoms with Gasteiger partial charge in [0.25, 0.3) is 0 Å². The first-order valence-electron chi connectivity index (χ1n) is 4.15. The van der Waals surface area contributed by atoms with E-state index in [-0.39, 0.29) is 0 Å². The van der Waals surface area contributed by atoms with E-state index in [1.807, 2.05) is 0 Å². The third kappa shape index (κ3) is 1.27. The lowest BCUT2D eigenvalue weighted by atomic mass is 10.00. The van der Waals surface area contributed by atoms with Crippen molar-refractivity contribution in [2.45, 2.75) is 12.0 Å². The van der Waals surface area contributed by atoms with Gasteiger partial charge in [-0.1, -0.05) is 0 Å². The quantitative estimate of drug-likeness (QED) is 0.581. The Morgan fingerprint density at radius 2 is 2.38 bits per heavy atom. The molecule has 1 aliphatic rings. The van der Waals surface area contributed by atoms with E-state index in [9.17, 15) is 0 Å². The number of hydrogen-bond donors (Lipinski definition) is 2. The molecule has 13 heavy (non-hydrogen) atoms. The van der Waals surface area contributed by atoms with Gasteiger partial charge in [-0.3, -0.25) is 0 Å². The van der Waals surface area contributed by atoms with Crippen molar-refractivity contribution < 1.29 is 4.74 Å². The van der Waals surface area contributed by atoms with Crippen LogP contribution < -0.4 is 11.5 Å². The molecule has 0 amide bonds. The van der Waals surface area contributed by atoms with Gasteiger partial charge in [-0.05, 0) is 6.42 Å². The Kier molecular flexibility index (Phi) is 1.74. The van der Waals surface area contributed by atoms with Gasteiger partial charge in [-0.15, -0.1) is 0 Å². The van der Waals surface area contributed by atoms with Crippen LogP contribution in [0.25, 0.3) is 0 Å². The molecule has 0 saturated carbocycles. The van der Waals surface area contributed by atoms with E-state index in [4.69, 9.17) is 16.2 Å². The minimum atomic E-state index is -0.546. The number of aromatic nitrogens is 3. The topological polar surface area (TPSA) is 92.0 Å².